The Morgan fingerprint density at radius 2 is 1.85 bits per heavy atom. The van der Waals surface area contributed by atoms with Crippen LogP contribution in [-0.4, -0.2) is 24.5 Å². The van der Waals surface area contributed by atoms with Crippen LogP contribution in [0, 0.1) is 13.8 Å². The second kappa shape index (κ2) is 9.24. The summed E-state index contributed by atoms with van der Waals surface area (Å²) >= 11 is 6.16. The van der Waals surface area contributed by atoms with Gasteiger partial charge in [-0.2, -0.15) is 0 Å². The van der Waals surface area contributed by atoms with Gasteiger partial charge in [0.15, 0.2) is 6.10 Å². The number of hydrogen-bond acceptors (Lipinski definition) is 3. The van der Waals surface area contributed by atoms with Gasteiger partial charge in [0.2, 0.25) is 0 Å². The average molecular weight is 387 g/mol. The summed E-state index contributed by atoms with van der Waals surface area (Å²) in [5.41, 5.74) is 2.55. The molecule has 0 saturated heterocycles. The Balaban J connectivity index is 2.11. The topological polar surface area (TPSA) is 67.4 Å². The Morgan fingerprint density at radius 1 is 1.22 bits per heavy atom. The molecular weight excluding hydrogens is 364 g/mol. The van der Waals surface area contributed by atoms with Crippen molar-refractivity contribution in [1.82, 2.24) is 5.32 Å². The molecule has 2 N–H and O–H groups in total. The van der Waals surface area contributed by atoms with Crippen molar-refractivity contribution in [2.75, 3.05) is 11.9 Å². The lowest BCUT2D eigenvalue weighted by molar-refractivity contribution is -0.122. The maximum atomic E-state index is 12.5. The van der Waals surface area contributed by atoms with Crippen LogP contribution in [0.5, 0.6) is 5.75 Å². The van der Waals surface area contributed by atoms with Crippen LogP contribution >= 0.6 is 11.6 Å². The van der Waals surface area contributed by atoms with E-state index in [0.717, 1.165) is 11.1 Å². The van der Waals surface area contributed by atoms with Gasteiger partial charge >= 0.3 is 0 Å². The van der Waals surface area contributed by atoms with Crippen molar-refractivity contribution in [3.8, 4) is 5.75 Å². The molecule has 0 bridgehead atoms. The van der Waals surface area contributed by atoms with Crippen molar-refractivity contribution in [2.24, 2.45) is 0 Å². The molecule has 5 nitrogen and oxygen atoms in total. The monoisotopic (exact) mass is 386 g/mol. The van der Waals surface area contributed by atoms with Crippen LogP contribution in [0.1, 0.15) is 28.4 Å². The van der Waals surface area contributed by atoms with Crippen LogP contribution < -0.4 is 15.4 Å². The first-order valence-electron chi connectivity index (χ1n) is 8.56. The fourth-order valence-electron chi connectivity index (χ4n) is 2.52. The molecule has 2 rings (SSSR count). The van der Waals surface area contributed by atoms with Crippen LogP contribution in [0.4, 0.5) is 5.69 Å². The van der Waals surface area contributed by atoms with Crippen molar-refractivity contribution in [1.29, 1.82) is 0 Å². The number of halogens is 1. The van der Waals surface area contributed by atoms with Crippen LogP contribution in [0.15, 0.2) is 49.1 Å². The molecule has 0 radical (unpaired) electrons. The van der Waals surface area contributed by atoms with Gasteiger partial charge in [-0.1, -0.05) is 29.8 Å². The Morgan fingerprint density at radius 3 is 2.48 bits per heavy atom. The first kappa shape index (κ1) is 20.5. The number of carbonyl (C=O) groups excluding carboxylic acids is 2. The summed E-state index contributed by atoms with van der Waals surface area (Å²) in [5, 5.41) is 6.13. The molecule has 0 aliphatic carbocycles. The SMILES string of the molecule is C=CCNC(=O)c1ccccc1NC(=O)C(C)Oc1cc(C)c(Cl)c(C)c1. The van der Waals surface area contributed by atoms with Gasteiger partial charge in [0.1, 0.15) is 5.75 Å². The molecule has 1 unspecified atom stereocenters. The maximum Gasteiger partial charge on any atom is 0.265 e. The zero-order valence-electron chi connectivity index (χ0n) is 15.6. The summed E-state index contributed by atoms with van der Waals surface area (Å²) in [6, 6.07) is 10.4. The highest BCUT2D eigenvalue weighted by Crippen LogP contribution is 2.26. The van der Waals surface area contributed by atoms with Crippen molar-refractivity contribution in [3.63, 3.8) is 0 Å². The Labute approximate surface area is 164 Å². The molecule has 142 valence electrons. The Bertz CT molecular complexity index is 841. The molecule has 2 aromatic carbocycles. The number of hydrogen-bond donors (Lipinski definition) is 2. The van der Waals surface area contributed by atoms with Crippen LogP contribution in [-0.2, 0) is 4.79 Å². The first-order chi connectivity index (χ1) is 12.8. The minimum absolute atomic E-state index is 0.289. The minimum Gasteiger partial charge on any atom is -0.481 e. The second-order valence-electron chi connectivity index (χ2n) is 6.16. The van der Waals surface area contributed by atoms with E-state index >= 15 is 0 Å². The van der Waals surface area contributed by atoms with Crippen molar-refractivity contribution >= 4 is 29.1 Å². The molecule has 27 heavy (non-hydrogen) atoms. The van der Waals surface area contributed by atoms with Gasteiger partial charge < -0.3 is 15.4 Å². The van der Waals surface area contributed by atoms with Gasteiger partial charge in [-0.3, -0.25) is 9.59 Å². The molecule has 6 heteroatoms. The normalized spacial score (nSPS) is 11.4. The summed E-state index contributed by atoms with van der Waals surface area (Å²) in [4.78, 5) is 24.8. The van der Waals surface area contributed by atoms with Crippen molar-refractivity contribution in [3.05, 3.63) is 70.8 Å². The fraction of sp³-hybridized carbons (Fsp3) is 0.238. The standard InChI is InChI=1S/C21H23ClN2O3/c1-5-10-23-21(26)17-8-6-7-9-18(17)24-20(25)15(4)27-16-11-13(2)19(22)14(3)12-16/h5-9,11-12,15H,1,10H2,2-4H3,(H,23,26)(H,24,25). The van der Waals surface area contributed by atoms with E-state index in [0.29, 0.717) is 28.6 Å². The largest absolute Gasteiger partial charge is 0.481 e. The van der Waals surface area contributed by atoms with E-state index in [-0.39, 0.29) is 11.8 Å². The lowest BCUT2D eigenvalue weighted by Crippen LogP contribution is -2.31. The van der Waals surface area contributed by atoms with E-state index in [1.54, 1.807) is 49.4 Å². The highest BCUT2D eigenvalue weighted by atomic mass is 35.5. The molecular formula is C21H23ClN2O3. The lowest BCUT2D eigenvalue weighted by Gasteiger charge is -2.17. The number of rotatable bonds is 7. The van der Waals surface area contributed by atoms with Crippen LogP contribution in [0.25, 0.3) is 0 Å². The van der Waals surface area contributed by atoms with Gasteiger partial charge in [0, 0.05) is 11.6 Å². The van der Waals surface area contributed by atoms with Crippen LogP contribution in [0.3, 0.4) is 0 Å². The molecule has 0 aliphatic heterocycles. The molecule has 1 atom stereocenters. The van der Waals surface area contributed by atoms with E-state index in [1.807, 2.05) is 13.8 Å². The predicted molar refractivity (Wildman–Crippen MR) is 109 cm³/mol. The van der Waals surface area contributed by atoms with E-state index in [4.69, 9.17) is 16.3 Å². The van der Waals surface area contributed by atoms with Crippen molar-refractivity contribution < 1.29 is 14.3 Å². The smallest absolute Gasteiger partial charge is 0.265 e. The van der Waals surface area contributed by atoms with Crippen molar-refractivity contribution in [2.45, 2.75) is 26.9 Å². The summed E-state index contributed by atoms with van der Waals surface area (Å²) in [5.74, 6) is -0.0818. The molecule has 0 fully saturated rings. The number of nitrogens with one attached hydrogen (secondary N) is 2. The zero-order chi connectivity index (χ0) is 20.0. The van der Waals surface area contributed by atoms with E-state index in [1.165, 1.54) is 0 Å². The molecule has 0 heterocycles. The highest BCUT2D eigenvalue weighted by molar-refractivity contribution is 6.32. The van der Waals surface area contributed by atoms with Gasteiger partial charge in [-0.05, 0) is 56.2 Å². The number of benzene rings is 2. The van der Waals surface area contributed by atoms with Gasteiger partial charge in [-0.25, -0.2) is 0 Å². The summed E-state index contributed by atoms with van der Waals surface area (Å²) in [6.07, 6.45) is 0.833. The van der Waals surface area contributed by atoms with Gasteiger partial charge in [0.25, 0.3) is 11.8 Å². The average Bonchev–Trinajstić information content (AvgIpc) is 2.64. The number of amides is 2. The van der Waals surface area contributed by atoms with E-state index < -0.39 is 6.10 Å². The summed E-state index contributed by atoms with van der Waals surface area (Å²) in [7, 11) is 0. The number of ether oxygens (including phenoxy) is 1. The maximum absolute atomic E-state index is 12.5. The number of carbonyl (C=O) groups is 2. The molecule has 2 amide bonds. The molecule has 0 spiro atoms. The Kier molecular flexibility index (Phi) is 7.02. The second-order valence-corrected chi connectivity index (χ2v) is 6.54. The minimum atomic E-state index is -0.755. The van der Waals surface area contributed by atoms with E-state index in [9.17, 15) is 9.59 Å². The number of aryl methyl sites for hydroxylation is 2. The predicted octanol–water partition coefficient (Wildman–Crippen LogP) is 4.28. The molecule has 0 aliphatic rings. The molecule has 0 saturated carbocycles. The summed E-state index contributed by atoms with van der Waals surface area (Å²) < 4.78 is 5.75. The van der Waals surface area contributed by atoms with Gasteiger partial charge in [-0.15, -0.1) is 6.58 Å². The third kappa shape index (κ3) is 5.34. The Hall–Kier alpha value is -2.79. The van der Waals surface area contributed by atoms with E-state index in [2.05, 4.69) is 17.2 Å². The lowest BCUT2D eigenvalue weighted by atomic mass is 10.1. The molecule has 0 aromatic heterocycles. The molecule has 2 aromatic rings. The quantitative estimate of drug-likeness (QED) is 0.698. The highest BCUT2D eigenvalue weighted by Gasteiger charge is 2.19. The third-order valence-corrected chi connectivity index (χ3v) is 4.52. The van der Waals surface area contributed by atoms with Gasteiger partial charge in [0.05, 0.1) is 11.3 Å². The first-order valence-corrected chi connectivity index (χ1v) is 8.93. The summed E-state index contributed by atoms with van der Waals surface area (Å²) in [6.45, 7) is 9.32. The van der Waals surface area contributed by atoms with Crippen LogP contribution in [0.2, 0.25) is 5.02 Å². The number of anilines is 1. The number of para-hydroxylation sites is 1. The zero-order valence-corrected chi connectivity index (χ0v) is 16.4. The third-order valence-electron chi connectivity index (χ3n) is 3.93. The fourth-order valence-corrected chi connectivity index (χ4v) is 2.63.